The first-order valence-corrected chi connectivity index (χ1v) is 10.5. The molecule has 1 amide bonds. The average Bonchev–Trinajstić information content (AvgIpc) is 3.43. The number of para-hydroxylation sites is 1. The first-order chi connectivity index (χ1) is 15.2. The zero-order chi connectivity index (χ0) is 21.2. The maximum absolute atomic E-state index is 13.1. The Balaban J connectivity index is 1.50. The van der Waals surface area contributed by atoms with Crippen molar-refractivity contribution in [1.82, 2.24) is 15.0 Å². The smallest absolute Gasteiger partial charge is 0.270 e. The van der Waals surface area contributed by atoms with E-state index in [9.17, 15) is 4.79 Å². The number of pyridine rings is 1. The van der Waals surface area contributed by atoms with Crippen LogP contribution in [0.5, 0.6) is 0 Å². The Morgan fingerprint density at radius 2 is 1.84 bits per heavy atom. The van der Waals surface area contributed by atoms with Crippen LogP contribution in [0.15, 0.2) is 94.9 Å². The summed E-state index contributed by atoms with van der Waals surface area (Å²) in [6, 6.07) is 19.2. The lowest BCUT2D eigenvalue weighted by Gasteiger charge is -2.18. The van der Waals surface area contributed by atoms with E-state index in [0.29, 0.717) is 5.90 Å². The fourth-order valence-corrected chi connectivity index (χ4v) is 3.69. The van der Waals surface area contributed by atoms with Crippen LogP contribution < -0.4 is 0 Å². The molecule has 6 nitrogen and oxygen atoms in total. The van der Waals surface area contributed by atoms with Gasteiger partial charge in [0.2, 0.25) is 12.1 Å². The predicted octanol–water partition coefficient (Wildman–Crippen LogP) is 5.26. The Kier molecular flexibility index (Phi) is 5.09. The zero-order valence-electron chi connectivity index (χ0n) is 16.3. The van der Waals surface area contributed by atoms with Gasteiger partial charge in [-0.3, -0.25) is 9.78 Å². The molecule has 1 aliphatic heterocycles. The number of nitrogens with zero attached hydrogens (tertiary/aromatic N) is 3. The molecule has 5 rings (SSSR count). The van der Waals surface area contributed by atoms with Gasteiger partial charge in [0, 0.05) is 51.2 Å². The van der Waals surface area contributed by atoms with E-state index in [1.165, 1.54) is 11.1 Å². The van der Waals surface area contributed by atoms with Gasteiger partial charge in [-0.2, -0.15) is 5.01 Å². The highest BCUT2D eigenvalue weighted by Crippen LogP contribution is 2.34. The molecule has 0 fully saturated rings. The molecule has 1 atom stereocenters. The number of hydrogen-bond acceptors (Lipinski definition) is 4. The monoisotopic (exact) mass is 472 g/mol. The van der Waals surface area contributed by atoms with Crippen LogP contribution in [0.25, 0.3) is 17.0 Å². The molecule has 1 unspecified atom stereocenters. The van der Waals surface area contributed by atoms with Crippen LogP contribution in [-0.4, -0.2) is 26.8 Å². The summed E-state index contributed by atoms with van der Waals surface area (Å²) in [6.07, 6.45) is 7.79. The number of hydrazone groups is 1. The van der Waals surface area contributed by atoms with Crippen LogP contribution in [0.4, 0.5) is 0 Å². The minimum Gasteiger partial charge on any atom is -0.446 e. The molecule has 2 aromatic carbocycles. The second-order valence-corrected chi connectivity index (χ2v) is 7.88. The van der Waals surface area contributed by atoms with Gasteiger partial charge in [-0.05, 0) is 42.0 Å². The summed E-state index contributed by atoms with van der Waals surface area (Å²) in [5, 5.41) is 6.86. The maximum atomic E-state index is 13.1. The number of amides is 1. The molecule has 31 heavy (non-hydrogen) atoms. The number of halogens is 1. The van der Waals surface area contributed by atoms with Crippen molar-refractivity contribution in [3.63, 3.8) is 0 Å². The molecule has 0 aliphatic carbocycles. The number of H-pyrrole nitrogens is 1. The van der Waals surface area contributed by atoms with Crippen molar-refractivity contribution in [2.45, 2.75) is 6.23 Å². The van der Waals surface area contributed by atoms with Gasteiger partial charge in [-0.15, -0.1) is 5.10 Å². The number of benzene rings is 2. The molecule has 3 heterocycles. The molecule has 1 N–H and O–H groups in total. The first-order valence-electron chi connectivity index (χ1n) is 9.67. The second kappa shape index (κ2) is 8.20. The van der Waals surface area contributed by atoms with E-state index in [0.717, 1.165) is 32.1 Å². The molecule has 2 aromatic heterocycles. The number of rotatable bonds is 4. The SMILES string of the molecule is O=C(/C=C\c1ccc(Br)cc1)N1N=C(c2ccncc2)OC1c1c[nH]c2ccccc12. The van der Waals surface area contributed by atoms with Gasteiger partial charge >= 0.3 is 0 Å². The standard InChI is InChI=1S/C24H17BrN4O2/c25-18-8-5-16(6-9-18)7-10-22(30)29-24(20-15-27-21-4-2-1-3-19(20)21)31-23(28-29)17-11-13-26-14-12-17/h1-15,24,27H/b10-7-. The van der Waals surface area contributed by atoms with Crippen molar-refractivity contribution in [3.05, 3.63) is 106 Å². The number of carbonyl (C=O) groups is 1. The van der Waals surface area contributed by atoms with Crippen molar-refractivity contribution >= 4 is 44.7 Å². The normalized spacial score (nSPS) is 16.0. The summed E-state index contributed by atoms with van der Waals surface area (Å²) in [5.74, 6) is 0.102. The van der Waals surface area contributed by atoms with E-state index < -0.39 is 6.23 Å². The molecule has 4 aromatic rings. The molecule has 7 heteroatoms. The summed E-state index contributed by atoms with van der Waals surface area (Å²) in [4.78, 5) is 20.4. The lowest BCUT2D eigenvalue weighted by Crippen LogP contribution is -2.26. The van der Waals surface area contributed by atoms with Crippen molar-refractivity contribution in [2.75, 3.05) is 0 Å². The maximum Gasteiger partial charge on any atom is 0.270 e. The van der Waals surface area contributed by atoms with E-state index >= 15 is 0 Å². The van der Waals surface area contributed by atoms with Gasteiger partial charge in [-0.1, -0.05) is 46.3 Å². The van der Waals surface area contributed by atoms with Gasteiger partial charge in [-0.25, -0.2) is 0 Å². The molecule has 0 bridgehead atoms. The summed E-state index contributed by atoms with van der Waals surface area (Å²) in [5.41, 5.74) is 3.48. The van der Waals surface area contributed by atoms with Crippen LogP contribution in [0.2, 0.25) is 0 Å². The quantitative estimate of drug-likeness (QED) is 0.411. The number of ether oxygens (including phenoxy) is 1. The summed E-state index contributed by atoms with van der Waals surface area (Å²) < 4.78 is 7.15. The molecular weight excluding hydrogens is 456 g/mol. The van der Waals surface area contributed by atoms with E-state index in [-0.39, 0.29) is 5.91 Å². The van der Waals surface area contributed by atoms with Crippen molar-refractivity contribution in [2.24, 2.45) is 5.10 Å². The summed E-state index contributed by atoms with van der Waals surface area (Å²) in [6.45, 7) is 0. The molecule has 0 radical (unpaired) electrons. The largest absolute Gasteiger partial charge is 0.446 e. The fourth-order valence-electron chi connectivity index (χ4n) is 3.43. The van der Waals surface area contributed by atoms with Crippen LogP contribution in [0, 0.1) is 0 Å². The highest BCUT2D eigenvalue weighted by Gasteiger charge is 2.35. The number of carbonyl (C=O) groups excluding carboxylic acids is 1. The van der Waals surface area contributed by atoms with E-state index in [1.54, 1.807) is 30.6 Å². The first kappa shape index (κ1) is 19.3. The minimum atomic E-state index is -0.679. The van der Waals surface area contributed by atoms with Crippen molar-refractivity contribution < 1.29 is 9.53 Å². The zero-order valence-corrected chi connectivity index (χ0v) is 17.9. The van der Waals surface area contributed by atoms with E-state index in [2.05, 4.69) is 31.0 Å². The second-order valence-electron chi connectivity index (χ2n) is 6.97. The number of nitrogens with one attached hydrogen (secondary N) is 1. The Bertz CT molecular complexity index is 1300. The minimum absolute atomic E-state index is 0.276. The van der Waals surface area contributed by atoms with Crippen LogP contribution >= 0.6 is 15.9 Å². The highest BCUT2D eigenvalue weighted by atomic mass is 79.9. The highest BCUT2D eigenvalue weighted by molar-refractivity contribution is 9.10. The predicted molar refractivity (Wildman–Crippen MR) is 123 cm³/mol. The van der Waals surface area contributed by atoms with Crippen LogP contribution in [-0.2, 0) is 9.53 Å². The molecule has 152 valence electrons. The van der Waals surface area contributed by atoms with Crippen molar-refractivity contribution in [1.29, 1.82) is 0 Å². The molecule has 0 spiro atoms. The van der Waals surface area contributed by atoms with Gasteiger partial charge in [0.15, 0.2) is 0 Å². The number of aromatic amines is 1. The molecule has 1 aliphatic rings. The third-order valence-electron chi connectivity index (χ3n) is 4.97. The van der Waals surface area contributed by atoms with E-state index in [1.807, 2.05) is 54.7 Å². The van der Waals surface area contributed by atoms with Crippen LogP contribution in [0.1, 0.15) is 22.9 Å². The number of fused-ring (bicyclic) bond motifs is 1. The van der Waals surface area contributed by atoms with Crippen LogP contribution in [0.3, 0.4) is 0 Å². The average molecular weight is 473 g/mol. The number of hydrogen-bond donors (Lipinski definition) is 1. The van der Waals surface area contributed by atoms with Gasteiger partial charge in [0.1, 0.15) is 0 Å². The topological polar surface area (TPSA) is 70.6 Å². The van der Waals surface area contributed by atoms with Gasteiger partial charge < -0.3 is 9.72 Å². The van der Waals surface area contributed by atoms with Crippen molar-refractivity contribution in [3.8, 4) is 0 Å². The Morgan fingerprint density at radius 3 is 2.65 bits per heavy atom. The Morgan fingerprint density at radius 1 is 1.06 bits per heavy atom. The third kappa shape index (κ3) is 3.87. The lowest BCUT2D eigenvalue weighted by molar-refractivity contribution is -0.132. The fraction of sp³-hybridized carbons (Fsp3) is 0.0417. The van der Waals surface area contributed by atoms with E-state index in [4.69, 9.17) is 4.74 Å². The number of aromatic nitrogens is 2. The summed E-state index contributed by atoms with van der Waals surface area (Å²) >= 11 is 3.42. The lowest BCUT2D eigenvalue weighted by atomic mass is 10.1. The van der Waals surface area contributed by atoms with Gasteiger partial charge in [0.05, 0.1) is 0 Å². The Labute approximate surface area is 187 Å². The summed E-state index contributed by atoms with van der Waals surface area (Å²) in [7, 11) is 0. The molecule has 0 saturated carbocycles. The Hall–Kier alpha value is -3.71. The van der Waals surface area contributed by atoms with Gasteiger partial charge in [0.25, 0.3) is 5.91 Å². The molecular formula is C24H17BrN4O2. The third-order valence-corrected chi connectivity index (χ3v) is 5.50. The molecule has 0 saturated heterocycles.